The number of aliphatic hydroxyl groups excluding tert-OH is 1. The van der Waals surface area contributed by atoms with E-state index in [0.717, 1.165) is 108 Å². The second-order valence-corrected chi connectivity index (χ2v) is 32.9. The third-order valence-electron chi connectivity index (χ3n) is 18.1. The number of carbonyl (C=O) groups is 4. The predicted molar refractivity (Wildman–Crippen MR) is 395 cm³/mol. The van der Waals surface area contributed by atoms with E-state index >= 15 is 0 Å². The molecule has 0 heterocycles. The highest BCUT2D eigenvalue weighted by atomic mass is 31.2. The lowest BCUT2D eigenvalue weighted by Crippen LogP contribution is -2.30. The lowest BCUT2D eigenvalue weighted by Gasteiger charge is -2.21. The van der Waals surface area contributed by atoms with Gasteiger partial charge in [0.25, 0.3) is 0 Å². The number of esters is 4. The first-order valence-electron chi connectivity index (χ1n) is 40.2. The second kappa shape index (κ2) is 67.2. The highest BCUT2D eigenvalue weighted by molar-refractivity contribution is 7.47. The first-order valence-corrected chi connectivity index (χ1v) is 43.2. The summed E-state index contributed by atoms with van der Waals surface area (Å²) in [5.41, 5.74) is 0. The van der Waals surface area contributed by atoms with Gasteiger partial charge in [0.05, 0.1) is 26.4 Å². The third-order valence-corrected chi connectivity index (χ3v) is 20.0. The molecule has 0 saturated heterocycles. The minimum atomic E-state index is -4.96. The molecule has 0 aliphatic heterocycles. The Kier molecular flexibility index (Phi) is 65.9. The highest BCUT2D eigenvalue weighted by Gasteiger charge is 2.30. The van der Waals surface area contributed by atoms with Crippen molar-refractivity contribution >= 4 is 39.5 Å². The van der Waals surface area contributed by atoms with E-state index in [-0.39, 0.29) is 25.7 Å². The molecule has 19 heteroatoms. The maximum absolute atomic E-state index is 13.1. The Morgan fingerprint density at radius 3 is 0.639 bits per heavy atom. The maximum atomic E-state index is 13.1. The minimum absolute atomic E-state index is 0.102. The Labute approximate surface area is 594 Å². The molecule has 0 aliphatic rings. The van der Waals surface area contributed by atoms with Gasteiger partial charge >= 0.3 is 39.5 Å². The number of phosphoric acid groups is 2. The first-order chi connectivity index (χ1) is 46.6. The molecule has 17 nitrogen and oxygen atoms in total. The molecule has 0 aromatic rings. The van der Waals surface area contributed by atoms with E-state index in [9.17, 15) is 43.2 Å². The lowest BCUT2D eigenvalue weighted by atomic mass is 10.0. The van der Waals surface area contributed by atoms with Gasteiger partial charge in [0, 0.05) is 25.7 Å². The van der Waals surface area contributed by atoms with Crippen molar-refractivity contribution in [3.8, 4) is 0 Å². The van der Waals surface area contributed by atoms with Crippen LogP contribution in [-0.4, -0.2) is 96.7 Å². The normalized spacial score (nSPS) is 14.1. The molecule has 0 rings (SSSR count). The molecule has 0 aromatic carbocycles. The molecule has 576 valence electrons. The van der Waals surface area contributed by atoms with E-state index in [1.807, 2.05) is 0 Å². The minimum Gasteiger partial charge on any atom is -0.462 e. The molecule has 0 aliphatic carbocycles. The smallest absolute Gasteiger partial charge is 0.462 e. The number of ether oxygens (including phenoxy) is 4. The van der Waals surface area contributed by atoms with E-state index in [1.54, 1.807) is 0 Å². The fourth-order valence-electron chi connectivity index (χ4n) is 11.9. The van der Waals surface area contributed by atoms with Crippen LogP contribution in [0.25, 0.3) is 0 Å². The molecule has 97 heavy (non-hydrogen) atoms. The van der Waals surface area contributed by atoms with Crippen LogP contribution < -0.4 is 0 Å². The van der Waals surface area contributed by atoms with Crippen LogP contribution in [0.15, 0.2) is 0 Å². The number of phosphoric ester groups is 2. The van der Waals surface area contributed by atoms with Crippen LogP contribution in [0.1, 0.15) is 396 Å². The SMILES string of the molecule is CC(C)CCCCCCCCCCCCCCCCCCC(=O)OC[C@H](COP(=O)(O)OCC(O)COP(=O)(O)OC[C@@H](COC(=O)CCCCCCCCCC(C)C)OC(=O)CCCCCCCCCCCCCCCCCCC(C)C)OC(=O)CCCCCCCCC(C)C. The summed E-state index contributed by atoms with van der Waals surface area (Å²) in [4.78, 5) is 72.8. The molecule has 0 amide bonds. The second-order valence-electron chi connectivity index (χ2n) is 30.0. The van der Waals surface area contributed by atoms with Crippen molar-refractivity contribution in [1.29, 1.82) is 0 Å². The number of carbonyl (C=O) groups excluding carboxylic acids is 4. The van der Waals surface area contributed by atoms with E-state index in [4.69, 9.17) is 37.0 Å². The Hall–Kier alpha value is -1.94. The van der Waals surface area contributed by atoms with Crippen molar-refractivity contribution in [3.63, 3.8) is 0 Å². The van der Waals surface area contributed by atoms with Gasteiger partial charge in [-0.05, 0) is 49.4 Å². The van der Waals surface area contributed by atoms with E-state index in [0.29, 0.717) is 37.5 Å². The molecule has 5 atom stereocenters. The Bertz CT molecular complexity index is 1900. The van der Waals surface area contributed by atoms with Gasteiger partial charge in [-0.25, -0.2) is 9.13 Å². The first kappa shape index (κ1) is 95.1. The van der Waals surface area contributed by atoms with Crippen LogP contribution in [0, 0.1) is 23.7 Å². The number of hydrogen-bond donors (Lipinski definition) is 3. The summed E-state index contributed by atoms with van der Waals surface area (Å²) in [7, 11) is -9.91. The van der Waals surface area contributed by atoms with Crippen molar-refractivity contribution < 1.29 is 80.2 Å². The van der Waals surface area contributed by atoms with Crippen molar-refractivity contribution in [2.24, 2.45) is 23.7 Å². The molecule has 3 N–H and O–H groups in total. The van der Waals surface area contributed by atoms with Crippen LogP contribution in [0.3, 0.4) is 0 Å². The summed E-state index contributed by atoms with van der Waals surface area (Å²) < 4.78 is 68.5. The molecular formula is C78H152O17P2. The fraction of sp³-hybridized carbons (Fsp3) is 0.949. The highest BCUT2D eigenvalue weighted by Crippen LogP contribution is 2.45. The number of hydrogen-bond acceptors (Lipinski definition) is 15. The van der Waals surface area contributed by atoms with E-state index < -0.39 is 97.5 Å². The fourth-order valence-corrected chi connectivity index (χ4v) is 13.5. The Balaban J connectivity index is 5.13. The molecule has 0 spiro atoms. The maximum Gasteiger partial charge on any atom is 0.472 e. The number of aliphatic hydroxyl groups is 1. The summed E-state index contributed by atoms with van der Waals surface area (Å²) in [5.74, 6) is 0.872. The van der Waals surface area contributed by atoms with Gasteiger partial charge in [-0.2, -0.15) is 0 Å². The van der Waals surface area contributed by atoms with Gasteiger partial charge in [0.2, 0.25) is 0 Å². The van der Waals surface area contributed by atoms with Crippen molar-refractivity contribution in [3.05, 3.63) is 0 Å². The zero-order valence-electron chi connectivity index (χ0n) is 63.7. The van der Waals surface area contributed by atoms with Crippen LogP contribution in [0.4, 0.5) is 0 Å². The summed E-state index contributed by atoms with van der Waals surface area (Å²) in [6, 6.07) is 0. The zero-order valence-corrected chi connectivity index (χ0v) is 65.5. The van der Waals surface area contributed by atoms with Gasteiger partial charge in [-0.15, -0.1) is 0 Å². The largest absolute Gasteiger partial charge is 0.472 e. The summed E-state index contributed by atoms with van der Waals surface area (Å²) in [6.07, 6.45) is 53.1. The number of unbranched alkanes of at least 4 members (excludes halogenated alkanes) is 41. The van der Waals surface area contributed by atoms with Crippen molar-refractivity contribution in [2.45, 2.75) is 414 Å². The molecule has 0 radical (unpaired) electrons. The average molecular weight is 1420 g/mol. The van der Waals surface area contributed by atoms with Gasteiger partial charge in [0.1, 0.15) is 19.3 Å². The summed E-state index contributed by atoms with van der Waals surface area (Å²) >= 11 is 0. The van der Waals surface area contributed by atoms with Crippen molar-refractivity contribution in [1.82, 2.24) is 0 Å². The van der Waals surface area contributed by atoms with Crippen LogP contribution >= 0.6 is 15.6 Å². The molecule has 0 saturated carbocycles. The Morgan fingerprint density at radius 2 is 0.433 bits per heavy atom. The van der Waals surface area contributed by atoms with Gasteiger partial charge in [0.15, 0.2) is 12.2 Å². The summed E-state index contributed by atoms with van der Waals surface area (Å²) in [5, 5.41) is 10.6. The predicted octanol–water partition coefficient (Wildman–Crippen LogP) is 22.8. The zero-order chi connectivity index (χ0) is 71.7. The molecule has 0 aromatic heterocycles. The molecular weight excluding hydrogens is 1270 g/mol. The number of rotatable bonds is 75. The van der Waals surface area contributed by atoms with Crippen molar-refractivity contribution in [2.75, 3.05) is 39.6 Å². The monoisotopic (exact) mass is 1420 g/mol. The van der Waals surface area contributed by atoms with Crippen LogP contribution in [0.5, 0.6) is 0 Å². The quantitative estimate of drug-likeness (QED) is 0.0222. The van der Waals surface area contributed by atoms with Crippen LogP contribution in [-0.2, 0) is 65.4 Å². The molecule has 0 bridgehead atoms. The average Bonchev–Trinajstić information content (AvgIpc) is 2.52. The van der Waals surface area contributed by atoms with E-state index in [2.05, 4.69) is 55.4 Å². The Morgan fingerprint density at radius 1 is 0.258 bits per heavy atom. The lowest BCUT2D eigenvalue weighted by molar-refractivity contribution is -0.161. The van der Waals surface area contributed by atoms with Gasteiger partial charge < -0.3 is 33.8 Å². The molecule has 3 unspecified atom stereocenters. The van der Waals surface area contributed by atoms with E-state index in [1.165, 1.54) is 193 Å². The molecule has 0 fully saturated rings. The van der Waals surface area contributed by atoms with Gasteiger partial charge in [-0.1, -0.05) is 344 Å². The standard InChI is InChI=1S/C78H152O17P2/c1-68(2)54-46-38-30-25-21-17-13-9-11-15-19-23-27-33-42-50-58-75(80)88-65-74(95-78(83)61-53-45-37-36-41-49-57-71(7)8)67-93-97(86,87)91-63-72(79)62-90-96(84,85)92-66-73(64-89-76(81)59-51-43-35-29-32-40-48-56-70(5)6)94-77(82)60-52-44-34-28-24-20-16-12-10-14-18-22-26-31-39-47-55-69(3)4/h68-74,79H,9-67H2,1-8H3,(H,84,85)(H,86,87)/t72?,73-,74-/m1/s1. The third kappa shape index (κ3) is 72.2. The summed E-state index contributed by atoms with van der Waals surface area (Å²) in [6.45, 7) is 14.1. The topological polar surface area (TPSA) is 237 Å². The van der Waals surface area contributed by atoms with Gasteiger partial charge in [-0.3, -0.25) is 37.3 Å². The van der Waals surface area contributed by atoms with Crippen LogP contribution in [0.2, 0.25) is 0 Å².